The molecule has 100 valence electrons. The Balaban J connectivity index is 1.77. The van der Waals surface area contributed by atoms with Crippen molar-refractivity contribution in [1.82, 2.24) is 4.98 Å². The SMILES string of the molecule is OC(CCc1cccc2ccccc12)c1ccccn1. The number of benzene rings is 2. The molecule has 2 nitrogen and oxygen atoms in total. The van der Waals surface area contributed by atoms with Crippen molar-refractivity contribution in [2.75, 3.05) is 0 Å². The number of aryl methyl sites for hydroxylation is 1. The van der Waals surface area contributed by atoms with E-state index >= 15 is 0 Å². The maximum Gasteiger partial charge on any atom is 0.0962 e. The van der Waals surface area contributed by atoms with Gasteiger partial charge in [0.25, 0.3) is 0 Å². The second kappa shape index (κ2) is 5.85. The highest BCUT2D eigenvalue weighted by Gasteiger charge is 2.09. The Kier molecular flexibility index (Phi) is 3.75. The van der Waals surface area contributed by atoms with E-state index in [9.17, 15) is 5.11 Å². The predicted molar refractivity (Wildman–Crippen MR) is 81.5 cm³/mol. The average molecular weight is 263 g/mol. The van der Waals surface area contributed by atoms with Crippen LogP contribution >= 0.6 is 0 Å². The van der Waals surface area contributed by atoms with Crippen LogP contribution in [0.25, 0.3) is 10.8 Å². The van der Waals surface area contributed by atoms with Crippen LogP contribution in [-0.2, 0) is 6.42 Å². The molecule has 0 spiro atoms. The Morgan fingerprint density at radius 1 is 0.900 bits per heavy atom. The van der Waals surface area contributed by atoms with Gasteiger partial charge in [-0.3, -0.25) is 4.98 Å². The van der Waals surface area contributed by atoms with Gasteiger partial charge in [-0.2, -0.15) is 0 Å². The Hall–Kier alpha value is -2.19. The van der Waals surface area contributed by atoms with Crippen molar-refractivity contribution in [3.05, 3.63) is 78.1 Å². The third kappa shape index (κ3) is 2.70. The van der Waals surface area contributed by atoms with Gasteiger partial charge in [0.15, 0.2) is 0 Å². The van der Waals surface area contributed by atoms with E-state index in [0.29, 0.717) is 6.42 Å². The number of pyridine rings is 1. The Morgan fingerprint density at radius 3 is 2.55 bits per heavy atom. The minimum Gasteiger partial charge on any atom is -0.387 e. The molecule has 0 amide bonds. The van der Waals surface area contributed by atoms with E-state index in [1.165, 1.54) is 16.3 Å². The van der Waals surface area contributed by atoms with Gasteiger partial charge in [-0.15, -0.1) is 0 Å². The molecule has 2 aromatic carbocycles. The number of hydrogen-bond donors (Lipinski definition) is 1. The molecule has 2 heteroatoms. The smallest absolute Gasteiger partial charge is 0.0962 e. The summed E-state index contributed by atoms with van der Waals surface area (Å²) in [7, 11) is 0. The predicted octanol–water partition coefficient (Wildman–Crippen LogP) is 3.90. The molecule has 1 atom stereocenters. The fraction of sp³-hybridized carbons (Fsp3) is 0.167. The summed E-state index contributed by atoms with van der Waals surface area (Å²) in [6.07, 6.45) is 2.75. The lowest BCUT2D eigenvalue weighted by Gasteiger charge is -2.11. The zero-order valence-corrected chi connectivity index (χ0v) is 11.2. The topological polar surface area (TPSA) is 33.1 Å². The lowest BCUT2D eigenvalue weighted by Crippen LogP contribution is -2.02. The highest BCUT2D eigenvalue weighted by atomic mass is 16.3. The van der Waals surface area contributed by atoms with Gasteiger partial charge < -0.3 is 5.11 Å². The van der Waals surface area contributed by atoms with Crippen LogP contribution in [-0.4, -0.2) is 10.1 Å². The summed E-state index contributed by atoms with van der Waals surface area (Å²) in [5.41, 5.74) is 2.02. The van der Waals surface area contributed by atoms with Crippen LogP contribution in [0.1, 0.15) is 23.8 Å². The summed E-state index contributed by atoms with van der Waals surface area (Å²) >= 11 is 0. The van der Waals surface area contributed by atoms with E-state index in [0.717, 1.165) is 12.1 Å². The molecule has 0 saturated heterocycles. The largest absolute Gasteiger partial charge is 0.387 e. The number of hydrogen-bond acceptors (Lipinski definition) is 2. The first-order valence-electron chi connectivity index (χ1n) is 6.90. The summed E-state index contributed by atoms with van der Waals surface area (Å²) in [5, 5.41) is 12.7. The maximum atomic E-state index is 10.2. The van der Waals surface area contributed by atoms with Crippen molar-refractivity contribution >= 4 is 10.8 Å². The van der Waals surface area contributed by atoms with Crippen molar-refractivity contribution in [1.29, 1.82) is 0 Å². The zero-order valence-electron chi connectivity index (χ0n) is 11.2. The summed E-state index contributed by atoms with van der Waals surface area (Å²) in [6.45, 7) is 0. The van der Waals surface area contributed by atoms with Gasteiger partial charge >= 0.3 is 0 Å². The standard InChI is InChI=1S/C18H17NO/c20-18(17-10-3-4-13-19-17)12-11-15-8-5-7-14-6-1-2-9-16(14)15/h1-10,13,18,20H,11-12H2. The summed E-state index contributed by atoms with van der Waals surface area (Å²) in [6, 6.07) is 20.3. The Bertz CT molecular complexity index is 689. The van der Waals surface area contributed by atoms with Gasteiger partial charge in [-0.1, -0.05) is 48.5 Å². The second-order valence-electron chi connectivity index (χ2n) is 4.95. The molecule has 1 heterocycles. The van der Waals surface area contributed by atoms with Gasteiger partial charge in [0, 0.05) is 6.20 Å². The molecule has 1 aromatic heterocycles. The Labute approximate surface area is 118 Å². The van der Waals surface area contributed by atoms with Crippen LogP contribution < -0.4 is 0 Å². The van der Waals surface area contributed by atoms with Crippen molar-refractivity contribution in [2.24, 2.45) is 0 Å². The summed E-state index contributed by atoms with van der Waals surface area (Å²) < 4.78 is 0. The summed E-state index contributed by atoms with van der Waals surface area (Å²) in [5.74, 6) is 0. The van der Waals surface area contributed by atoms with Crippen LogP contribution in [0.15, 0.2) is 66.9 Å². The highest BCUT2D eigenvalue weighted by Crippen LogP contribution is 2.23. The van der Waals surface area contributed by atoms with E-state index in [-0.39, 0.29) is 0 Å². The molecule has 1 unspecified atom stereocenters. The lowest BCUT2D eigenvalue weighted by atomic mass is 9.99. The van der Waals surface area contributed by atoms with E-state index < -0.39 is 6.10 Å². The first-order valence-corrected chi connectivity index (χ1v) is 6.90. The number of aromatic nitrogens is 1. The Morgan fingerprint density at radius 2 is 1.70 bits per heavy atom. The monoisotopic (exact) mass is 263 g/mol. The lowest BCUT2D eigenvalue weighted by molar-refractivity contribution is 0.163. The molecule has 0 radical (unpaired) electrons. The highest BCUT2D eigenvalue weighted by molar-refractivity contribution is 5.85. The van der Waals surface area contributed by atoms with Crippen LogP contribution in [0.2, 0.25) is 0 Å². The molecular formula is C18H17NO. The molecule has 0 saturated carbocycles. The minimum absolute atomic E-state index is 0.504. The van der Waals surface area contributed by atoms with E-state index in [4.69, 9.17) is 0 Å². The molecule has 0 aliphatic carbocycles. The normalized spacial score (nSPS) is 12.4. The van der Waals surface area contributed by atoms with Crippen LogP contribution in [0.3, 0.4) is 0 Å². The molecule has 3 rings (SSSR count). The van der Waals surface area contributed by atoms with Gasteiger partial charge in [0.2, 0.25) is 0 Å². The maximum absolute atomic E-state index is 10.2. The number of fused-ring (bicyclic) bond motifs is 1. The first-order chi connectivity index (χ1) is 9.84. The fourth-order valence-corrected chi connectivity index (χ4v) is 2.52. The molecule has 3 aromatic rings. The van der Waals surface area contributed by atoms with Gasteiger partial charge in [0.05, 0.1) is 11.8 Å². The van der Waals surface area contributed by atoms with Crippen LogP contribution in [0, 0.1) is 0 Å². The molecule has 0 fully saturated rings. The number of aliphatic hydroxyl groups is 1. The number of aliphatic hydroxyl groups excluding tert-OH is 1. The fourth-order valence-electron chi connectivity index (χ4n) is 2.52. The molecule has 20 heavy (non-hydrogen) atoms. The van der Waals surface area contributed by atoms with E-state index in [1.807, 2.05) is 18.2 Å². The molecule has 0 aliphatic heterocycles. The van der Waals surface area contributed by atoms with Crippen molar-refractivity contribution in [2.45, 2.75) is 18.9 Å². The van der Waals surface area contributed by atoms with Crippen molar-refractivity contribution < 1.29 is 5.11 Å². The molecule has 1 N–H and O–H groups in total. The quantitative estimate of drug-likeness (QED) is 0.774. The van der Waals surface area contributed by atoms with E-state index in [1.54, 1.807) is 6.20 Å². The first kappa shape index (κ1) is 12.8. The van der Waals surface area contributed by atoms with Crippen LogP contribution in [0.5, 0.6) is 0 Å². The second-order valence-corrected chi connectivity index (χ2v) is 4.95. The molecule has 0 bridgehead atoms. The van der Waals surface area contributed by atoms with Gasteiger partial charge in [0.1, 0.15) is 0 Å². The van der Waals surface area contributed by atoms with E-state index in [2.05, 4.69) is 47.4 Å². The average Bonchev–Trinajstić information content (AvgIpc) is 2.53. The number of nitrogens with zero attached hydrogens (tertiary/aromatic N) is 1. The molecule has 0 aliphatic rings. The zero-order chi connectivity index (χ0) is 13.8. The summed E-state index contributed by atoms with van der Waals surface area (Å²) in [4.78, 5) is 4.20. The molecular weight excluding hydrogens is 246 g/mol. The minimum atomic E-state index is -0.504. The van der Waals surface area contributed by atoms with Crippen molar-refractivity contribution in [3.63, 3.8) is 0 Å². The number of rotatable bonds is 4. The third-order valence-corrected chi connectivity index (χ3v) is 3.60. The van der Waals surface area contributed by atoms with Crippen molar-refractivity contribution in [3.8, 4) is 0 Å². The van der Waals surface area contributed by atoms with Crippen LogP contribution in [0.4, 0.5) is 0 Å². The van der Waals surface area contributed by atoms with Gasteiger partial charge in [-0.05, 0) is 41.3 Å². The third-order valence-electron chi connectivity index (χ3n) is 3.60. The van der Waals surface area contributed by atoms with Gasteiger partial charge in [-0.25, -0.2) is 0 Å².